The van der Waals surface area contributed by atoms with E-state index in [0.717, 1.165) is 0 Å². The predicted octanol–water partition coefficient (Wildman–Crippen LogP) is 2.48. The molecule has 0 radical (unpaired) electrons. The normalized spacial score (nSPS) is 13.7. The Kier molecular flexibility index (Phi) is 4.52. The number of hydrogen-bond acceptors (Lipinski definition) is 7. The number of carbonyl (C=O) groups is 2. The summed E-state index contributed by atoms with van der Waals surface area (Å²) >= 11 is 0. The molecule has 1 heterocycles. The SMILES string of the molecule is CC(C)C(=O)O[C@@H](C)OC(=O)Oc1ccc2c(c1)OCO2. The summed E-state index contributed by atoms with van der Waals surface area (Å²) in [6, 6.07) is 4.67. The van der Waals surface area contributed by atoms with Crippen LogP contribution in [0.4, 0.5) is 4.79 Å². The summed E-state index contributed by atoms with van der Waals surface area (Å²) in [5.74, 6) is 0.542. The summed E-state index contributed by atoms with van der Waals surface area (Å²) in [5.41, 5.74) is 0. The van der Waals surface area contributed by atoms with E-state index in [2.05, 4.69) is 0 Å². The maximum Gasteiger partial charge on any atom is 0.516 e. The molecule has 1 aromatic rings. The predicted molar refractivity (Wildman–Crippen MR) is 70.1 cm³/mol. The highest BCUT2D eigenvalue weighted by atomic mass is 16.8. The van der Waals surface area contributed by atoms with Crippen LogP contribution in [0, 0.1) is 5.92 Å². The maximum atomic E-state index is 11.6. The number of esters is 1. The monoisotopic (exact) mass is 296 g/mol. The highest BCUT2D eigenvalue weighted by Gasteiger charge is 2.19. The minimum absolute atomic E-state index is 0.130. The number of rotatable bonds is 4. The van der Waals surface area contributed by atoms with Crippen molar-refractivity contribution < 1.29 is 33.3 Å². The fourth-order valence-electron chi connectivity index (χ4n) is 1.52. The molecule has 1 aliphatic heterocycles. The first-order chi connectivity index (χ1) is 9.95. The molecule has 0 amide bonds. The van der Waals surface area contributed by atoms with E-state index in [4.69, 9.17) is 23.7 Å². The van der Waals surface area contributed by atoms with Gasteiger partial charge in [0.15, 0.2) is 11.5 Å². The molecule has 2 rings (SSSR count). The van der Waals surface area contributed by atoms with Gasteiger partial charge in [-0.05, 0) is 12.1 Å². The van der Waals surface area contributed by atoms with Crippen LogP contribution in [0.1, 0.15) is 20.8 Å². The lowest BCUT2D eigenvalue weighted by Gasteiger charge is -2.15. The fraction of sp³-hybridized carbons (Fsp3) is 0.429. The van der Waals surface area contributed by atoms with Crippen molar-refractivity contribution in [3.8, 4) is 17.2 Å². The largest absolute Gasteiger partial charge is 0.516 e. The topological polar surface area (TPSA) is 80.3 Å². The molecule has 1 atom stereocenters. The van der Waals surface area contributed by atoms with Crippen LogP contribution < -0.4 is 14.2 Å². The Labute approximate surface area is 121 Å². The van der Waals surface area contributed by atoms with Gasteiger partial charge in [0.1, 0.15) is 5.75 Å². The fourth-order valence-corrected chi connectivity index (χ4v) is 1.52. The van der Waals surface area contributed by atoms with E-state index in [1.807, 2.05) is 0 Å². The van der Waals surface area contributed by atoms with Crippen LogP contribution in [0.15, 0.2) is 18.2 Å². The zero-order chi connectivity index (χ0) is 15.4. The van der Waals surface area contributed by atoms with E-state index in [-0.39, 0.29) is 18.5 Å². The van der Waals surface area contributed by atoms with Crippen molar-refractivity contribution in [3.63, 3.8) is 0 Å². The lowest BCUT2D eigenvalue weighted by Crippen LogP contribution is -2.25. The van der Waals surface area contributed by atoms with E-state index in [9.17, 15) is 9.59 Å². The minimum Gasteiger partial charge on any atom is -0.454 e. The van der Waals surface area contributed by atoms with Gasteiger partial charge in [0, 0.05) is 13.0 Å². The van der Waals surface area contributed by atoms with E-state index >= 15 is 0 Å². The summed E-state index contributed by atoms with van der Waals surface area (Å²) in [5, 5.41) is 0. The van der Waals surface area contributed by atoms with Gasteiger partial charge < -0.3 is 23.7 Å². The van der Waals surface area contributed by atoms with Gasteiger partial charge in [0.2, 0.25) is 13.1 Å². The zero-order valence-electron chi connectivity index (χ0n) is 12.0. The quantitative estimate of drug-likeness (QED) is 0.479. The Morgan fingerprint density at radius 2 is 1.81 bits per heavy atom. The van der Waals surface area contributed by atoms with Gasteiger partial charge in [-0.15, -0.1) is 0 Å². The summed E-state index contributed by atoms with van der Waals surface area (Å²) in [4.78, 5) is 22.9. The van der Waals surface area contributed by atoms with Gasteiger partial charge in [0.05, 0.1) is 5.92 Å². The summed E-state index contributed by atoms with van der Waals surface area (Å²) in [7, 11) is 0. The van der Waals surface area contributed by atoms with Crippen LogP contribution >= 0.6 is 0 Å². The second-order valence-electron chi connectivity index (χ2n) is 4.64. The molecular formula is C14H16O7. The summed E-state index contributed by atoms with van der Waals surface area (Å²) in [6.45, 7) is 4.92. The number of hydrogen-bond donors (Lipinski definition) is 0. The Bertz CT molecular complexity index is 538. The molecule has 114 valence electrons. The van der Waals surface area contributed by atoms with E-state index < -0.39 is 18.4 Å². The first-order valence-electron chi connectivity index (χ1n) is 6.44. The first kappa shape index (κ1) is 15.0. The van der Waals surface area contributed by atoms with Gasteiger partial charge in [0.25, 0.3) is 0 Å². The minimum atomic E-state index is -1.03. The highest BCUT2D eigenvalue weighted by molar-refractivity contribution is 5.72. The molecule has 0 aromatic heterocycles. The third kappa shape index (κ3) is 4.01. The van der Waals surface area contributed by atoms with Crippen LogP contribution in [0.5, 0.6) is 17.2 Å². The lowest BCUT2D eigenvalue weighted by atomic mass is 10.2. The van der Waals surface area contributed by atoms with Crippen LogP contribution in [-0.2, 0) is 14.3 Å². The molecule has 0 aliphatic carbocycles. The molecule has 1 aromatic carbocycles. The standard InChI is InChI=1S/C14H16O7/c1-8(2)13(15)19-9(3)20-14(16)21-10-4-5-11-12(6-10)18-7-17-11/h4-6,8-9H,7H2,1-3H3/t9-/m1/s1. The van der Waals surface area contributed by atoms with E-state index in [1.165, 1.54) is 13.0 Å². The average molecular weight is 296 g/mol. The van der Waals surface area contributed by atoms with Crippen LogP contribution in [0.2, 0.25) is 0 Å². The summed E-state index contributed by atoms with van der Waals surface area (Å²) in [6.07, 6.45) is -2.00. The highest BCUT2D eigenvalue weighted by Crippen LogP contribution is 2.35. The molecule has 7 heteroatoms. The number of carbonyl (C=O) groups excluding carboxylic acids is 2. The molecule has 0 unspecified atom stereocenters. The van der Waals surface area contributed by atoms with Crippen LogP contribution in [0.3, 0.4) is 0 Å². The van der Waals surface area contributed by atoms with Crippen molar-refractivity contribution in [1.82, 2.24) is 0 Å². The smallest absolute Gasteiger partial charge is 0.454 e. The molecule has 0 fully saturated rings. The lowest BCUT2D eigenvalue weighted by molar-refractivity contribution is -0.170. The maximum absolute atomic E-state index is 11.6. The van der Waals surface area contributed by atoms with E-state index in [1.54, 1.807) is 26.0 Å². The number of ether oxygens (including phenoxy) is 5. The van der Waals surface area contributed by atoms with Gasteiger partial charge in [-0.2, -0.15) is 0 Å². The van der Waals surface area contributed by atoms with Crippen molar-refractivity contribution in [1.29, 1.82) is 0 Å². The molecule has 0 saturated carbocycles. The molecule has 7 nitrogen and oxygen atoms in total. The molecule has 0 spiro atoms. The second kappa shape index (κ2) is 6.34. The molecular weight excluding hydrogens is 280 g/mol. The average Bonchev–Trinajstić information content (AvgIpc) is 2.85. The van der Waals surface area contributed by atoms with Crippen molar-refractivity contribution in [2.75, 3.05) is 6.79 Å². The number of fused-ring (bicyclic) bond motifs is 1. The Morgan fingerprint density at radius 1 is 1.10 bits per heavy atom. The van der Waals surface area contributed by atoms with Gasteiger partial charge in [-0.1, -0.05) is 13.8 Å². The zero-order valence-corrected chi connectivity index (χ0v) is 12.0. The second-order valence-corrected chi connectivity index (χ2v) is 4.64. The molecule has 21 heavy (non-hydrogen) atoms. The van der Waals surface area contributed by atoms with Gasteiger partial charge in [-0.25, -0.2) is 4.79 Å². The van der Waals surface area contributed by atoms with Crippen molar-refractivity contribution in [2.24, 2.45) is 5.92 Å². The molecule has 0 bridgehead atoms. The Morgan fingerprint density at radius 3 is 2.52 bits per heavy atom. The van der Waals surface area contributed by atoms with Crippen molar-refractivity contribution >= 4 is 12.1 Å². The van der Waals surface area contributed by atoms with Crippen molar-refractivity contribution in [2.45, 2.75) is 27.1 Å². The first-order valence-corrected chi connectivity index (χ1v) is 6.44. The molecule has 0 saturated heterocycles. The Balaban J connectivity index is 1.85. The van der Waals surface area contributed by atoms with Crippen molar-refractivity contribution in [3.05, 3.63) is 18.2 Å². The van der Waals surface area contributed by atoms with E-state index in [0.29, 0.717) is 11.5 Å². The number of benzene rings is 1. The van der Waals surface area contributed by atoms with Gasteiger partial charge >= 0.3 is 12.1 Å². The molecule has 1 aliphatic rings. The Hall–Kier alpha value is -2.44. The third-order valence-electron chi connectivity index (χ3n) is 2.56. The van der Waals surface area contributed by atoms with Gasteiger partial charge in [-0.3, -0.25) is 4.79 Å². The molecule has 0 N–H and O–H groups in total. The summed E-state index contributed by atoms with van der Waals surface area (Å²) < 4.78 is 25.0. The third-order valence-corrected chi connectivity index (χ3v) is 2.56. The van der Waals surface area contributed by atoms with Crippen LogP contribution in [0.25, 0.3) is 0 Å². The van der Waals surface area contributed by atoms with Crippen LogP contribution in [-0.4, -0.2) is 25.2 Å².